The summed E-state index contributed by atoms with van der Waals surface area (Å²) in [5, 5.41) is 0. The van der Waals surface area contributed by atoms with E-state index in [2.05, 4.69) is 9.97 Å². The van der Waals surface area contributed by atoms with Gasteiger partial charge >= 0.3 is 5.69 Å². The van der Waals surface area contributed by atoms with Crippen molar-refractivity contribution in [3.05, 3.63) is 75.5 Å². The van der Waals surface area contributed by atoms with Crippen LogP contribution >= 0.6 is 0 Å². The molecule has 1 N–H and O–H groups in total. The van der Waals surface area contributed by atoms with E-state index in [0.717, 1.165) is 11.1 Å². The molecule has 3 aromatic rings. The van der Waals surface area contributed by atoms with Crippen molar-refractivity contribution in [2.24, 2.45) is 0 Å². The van der Waals surface area contributed by atoms with E-state index in [0.29, 0.717) is 34.4 Å². The van der Waals surface area contributed by atoms with E-state index < -0.39 is 5.69 Å². The topological polar surface area (TPSA) is 82.7 Å². The SMILES string of the molecule is COc1ccc(C=Cc2cc(C=Cc3ccc(OC)c(OC)c3)[nH]c(=O)n2)cc1OC. The molecule has 0 unspecified atom stereocenters. The van der Waals surface area contributed by atoms with E-state index in [-0.39, 0.29) is 0 Å². The molecule has 0 bridgehead atoms. The third kappa shape index (κ3) is 5.54. The molecule has 2 aromatic carbocycles. The average Bonchev–Trinajstić information content (AvgIpc) is 2.80. The minimum Gasteiger partial charge on any atom is -0.493 e. The largest absolute Gasteiger partial charge is 0.493 e. The van der Waals surface area contributed by atoms with Crippen LogP contribution in [0.15, 0.2) is 47.3 Å². The molecule has 0 saturated carbocycles. The second kappa shape index (κ2) is 10.2. The van der Waals surface area contributed by atoms with Crippen LogP contribution in [0.25, 0.3) is 24.3 Å². The van der Waals surface area contributed by atoms with Crippen molar-refractivity contribution in [2.45, 2.75) is 0 Å². The Morgan fingerprint density at radius 1 is 0.677 bits per heavy atom. The Morgan fingerprint density at radius 2 is 1.19 bits per heavy atom. The maximum absolute atomic E-state index is 12.0. The number of nitrogens with zero attached hydrogens (tertiary/aromatic N) is 1. The van der Waals surface area contributed by atoms with Crippen molar-refractivity contribution < 1.29 is 18.9 Å². The van der Waals surface area contributed by atoms with Gasteiger partial charge in [-0.05, 0) is 53.6 Å². The van der Waals surface area contributed by atoms with Crippen molar-refractivity contribution in [1.82, 2.24) is 9.97 Å². The first kappa shape index (κ1) is 21.7. The molecule has 0 fully saturated rings. The fourth-order valence-corrected chi connectivity index (χ4v) is 2.95. The van der Waals surface area contributed by atoms with Crippen molar-refractivity contribution in [2.75, 3.05) is 28.4 Å². The van der Waals surface area contributed by atoms with Crippen molar-refractivity contribution in [3.8, 4) is 23.0 Å². The molecule has 0 radical (unpaired) electrons. The van der Waals surface area contributed by atoms with Crippen molar-refractivity contribution >= 4 is 24.3 Å². The Kier molecular flexibility index (Phi) is 7.11. The highest BCUT2D eigenvalue weighted by atomic mass is 16.5. The number of H-pyrrole nitrogens is 1. The highest BCUT2D eigenvalue weighted by molar-refractivity contribution is 5.73. The minimum absolute atomic E-state index is 0.429. The van der Waals surface area contributed by atoms with Crippen LogP contribution in [0.1, 0.15) is 22.5 Å². The van der Waals surface area contributed by atoms with Crippen LogP contribution < -0.4 is 24.6 Å². The van der Waals surface area contributed by atoms with Gasteiger partial charge in [0.2, 0.25) is 0 Å². The van der Waals surface area contributed by atoms with Gasteiger partial charge in [0.15, 0.2) is 23.0 Å². The number of hydrogen-bond acceptors (Lipinski definition) is 6. The lowest BCUT2D eigenvalue weighted by atomic mass is 10.1. The number of methoxy groups -OCH3 is 4. The quantitative estimate of drug-likeness (QED) is 0.590. The normalized spacial score (nSPS) is 11.1. The van der Waals surface area contributed by atoms with Crippen LogP contribution in [0.4, 0.5) is 0 Å². The monoisotopic (exact) mass is 420 g/mol. The molecule has 0 aliphatic rings. The summed E-state index contributed by atoms with van der Waals surface area (Å²) in [4.78, 5) is 18.7. The molecule has 31 heavy (non-hydrogen) atoms. The van der Waals surface area contributed by atoms with Gasteiger partial charge < -0.3 is 23.9 Å². The summed E-state index contributed by atoms with van der Waals surface area (Å²) >= 11 is 0. The van der Waals surface area contributed by atoms with E-state index >= 15 is 0 Å². The molecule has 0 spiro atoms. The zero-order valence-corrected chi connectivity index (χ0v) is 17.8. The van der Waals surface area contributed by atoms with Gasteiger partial charge in [-0.15, -0.1) is 0 Å². The number of hydrogen-bond donors (Lipinski definition) is 1. The molecule has 7 nitrogen and oxygen atoms in total. The second-order valence-corrected chi connectivity index (χ2v) is 6.46. The summed E-state index contributed by atoms with van der Waals surface area (Å²) in [6.07, 6.45) is 7.29. The fraction of sp³-hybridized carbons (Fsp3) is 0.167. The Bertz CT molecular complexity index is 1080. The van der Waals surface area contributed by atoms with Crippen LogP contribution in [0.2, 0.25) is 0 Å². The van der Waals surface area contributed by atoms with E-state index in [1.807, 2.05) is 48.6 Å². The number of aromatic nitrogens is 2. The minimum atomic E-state index is -0.429. The van der Waals surface area contributed by atoms with Gasteiger partial charge in [0.25, 0.3) is 0 Å². The molecule has 0 saturated heterocycles. The van der Waals surface area contributed by atoms with Crippen molar-refractivity contribution in [3.63, 3.8) is 0 Å². The van der Waals surface area contributed by atoms with Gasteiger partial charge in [0.1, 0.15) is 0 Å². The Hall–Kier alpha value is -4.00. The maximum Gasteiger partial charge on any atom is 0.345 e. The molecule has 1 aromatic heterocycles. The average molecular weight is 420 g/mol. The molecular weight excluding hydrogens is 396 g/mol. The van der Waals surface area contributed by atoms with E-state index in [9.17, 15) is 4.79 Å². The molecule has 3 rings (SSSR count). The van der Waals surface area contributed by atoms with Gasteiger partial charge in [-0.1, -0.05) is 24.3 Å². The number of ether oxygens (including phenoxy) is 4. The first-order chi connectivity index (χ1) is 15.1. The van der Waals surface area contributed by atoms with Crippen LogP contribution in [0.3, 0.4) is 0 Å². The lowest BCUT2D eigenvalue weighted by Gasteiger charge is -2.07. The number of benzene rings is 2. The first-order valence-electron chi connectivity index (χ1n) is 9.48. The first-order valence-corrected chi connectivity index (χ1v) is 9.48. The highest BCUT2D eigenvalue weighted by Gasteiger charge is 2.04. The zero-order valence-electron chi connectivity index (χ0n) is 17.8. The van der Waals surface area contributed by atoms with Crippen LogP contribution in [0, 0.1) is 0 Å². The number of rotatable bonds is 8. The number of nitrogens with one attached hydrogen (secondary N) is 1. The lowest BCUT2D eigenvalue weighted by molar-refractivity contribution is 0.355. The predicted molar refractivity (Wildman–Crippen MR) is 122 cm³/mol. The predicted octanol–water partition coefficient (Wildman–Crippen LogP) is 4.15. The Balaban J connectivity index is 1.83. The summed E-state index contributed by atoms with van der Waals surface area (Å²) in [7, 11) is 6.35. The molecule has 0 aliphatic heterocycles. The van der Waals surface area contributed by atoms with Crippen LogP contribution in [-0.2, 0) is 0 Å². The summed E-state index contributed by atoms with van der Waals surface area (Å²) in [5.41, 5.74) is 2.52. The highest BCUT2D eigenvalue weighted by Crippen LogP contribution is 2.29. The molecule has 0 aliphatic carbocycles. The molecule has 0 atom stereocenters. The summed E-state index contributed by atoms with van der Waals surface area (Å²) in [6, 6.07) is 12.9. The second-order valence-electron chi connectivity index (χ2n) is 6.46. The molecule has 7 heteroatoms. The third-order valence-corrected chi connectivity index (χ3v) is 4.50. The van der Waals surface area contributed by atoms with Gasteiger partial charge in [0, 0.05) is 5.69 Å². The summed E-state index contributed by atoms with van der Waals surface area (Å²) in [6.45, 7) is 0. The summed E-state index contributed by atoms with van der Waals surface area (Å²) < 4.78 is 21.1. The number of aromatic amines is 1. The van der Waals surface area contributed by atoms with E-state index in [4.69, 9.17) is 18.9 Å². The van der Waals surface area contributed by atoms with E-state index in [1.165, 1.54) is 0 Å². The van der Waals surface area contributed by atoms with E-state index in [1.54, 1.807) is 46.7 Å². The van der Waals surface area contributed by atoms with Gasteiger partial charge in [-0.25, -0.2) is 4.79 Å². The van der Waals surface area contributed by atoms with Gasteiger partial charge in [0.05, 0.1) is 34.1 Å². The summed E-state index contributed by atoms with van der Waals surface area (Å²) in [5.74, 6) is 2.56. The lowest BCUT2D eigenvalue weighted by Crippen LogP contribution is -2.12. The van der Waals surface area contributed by atoms with Gasteiger partial charge in [-0.2, -0.15) is 4.98 Å². The van der Waals surface area contributed by atoms with Gasteiger partial charge in [-0.3, -0.25) is 0 Å². The molecule has 1 heterocycles. The third-order valence-electron chi connectivity index (χ3n) is 4.50. The smallest absolute Gasteiger partial charge is 0.345 e. The molecule has 0 amide bonds. The van der Waals surface area contributed by atoms with Crippen molar-refractivity contribution in [1.29, 1.82) is 0 Å². The molecule has 160 valence electrons. The molecular formula is C24H24N2O5. The fourth-order valence-electron chi connectivity index (χ4n) is 2.95. The maximum atomic E-state index is 12.0. The van der Waals surface area contributed by atoms with Crippen LogP contribution in [0.5, 0.6) is 23.0 Å². The Morgan fingerprint density at radius 3 is 1.71 bits per heavy atom. The van der Waals surface area contributed by atoms with Crippen LogP contribution in [-0.4, -0.2) is 38.4 Å². The zero-order chi connectivity index (χ0) is 22.2. The Labute approximate surface area is 180 Å². The standard InChI is InChI=1S/C24H24N2O5/c1-28-20-11-7-16(13-22(20)30-3)5-9-18-15-19(26-24(27)25-18)10-6-17-8-12-21(29-2)23(14-17)31-4/h5-15H,1-4H3,(H,25,26,27).